The lowest BCUT2D eigenvalue weighted by molar-refractivity contribution is -0.274. The lowest BCUT2D eigenvalue weighted by Crippen LogP contribution is -2.41. The van der Waals surface area contributed by atoms with Crippen LogP contribution in [0.2, 0.25) is 0 Å². The Kier molecular flexibility index (Phi) is 7.95. The highest BCUT2D eigenvalue weighted by atomic mass is 19.4. The number of hydrogen-bond donors (Lipinski definition) is 0. The molecule has 35 heavy (non-hydrogen) atoms. The van der Waals surface area contributed by atoms with E-state index in [0.717, 1.165) is 42.4 Å². The largest absolute Gasteiger partial charge is 0.573 e. The maximum absolute atomic E-state index is 12.7. The van der Waals surface area contributed by atoms with Gasteiger partial charge < -0.3 is 14.4 Å². The molecule has 4 nitrogen and oxygen atoms in total. The number of carbonyl (C=O) groups is 1. The van der Waals surface area contributed by atoms with E-state index < -0.39 is 6.36 Å². The van der Waals surface area contributed by atoms with Crippen molar-refractivity contribution in [2.45, 2.75) is 32.0 Å². The molecule has 0 radical (unpaired) electrons. The number of alkyl halides is 3. The normalized spacial score (nSPS) is 14.5. The minimum Gasteiger partial charge on any atom is -0.483 e. The lowest BCUT2D eigenvalue weighted by Gasteiger charge is -2.32. The predicted octanol–water partition coefficient (Wildman–Crippen LogP) is 6.50. The summed E-state index contributed by atoms with van der Waals surface area (Å²) in [6, 6.07) is 23.7. The van der Waals surface area contributed by atoms with Gasteiger partial charge in [0.15, 0.2) is 6.61 Å². The summed E-state index contributed by atoms with van der Waals surface area (Å²) >= 11 is 0. The minimum absolute atomic E-state index is 0.000852. The third-order valence-corrected chi connectivity index (χ3v) is 6.29. The zero-order valence-corrected chi connectivity index (χ0v) is 19.3. The second kappa shape index (κ2) is 11.3. The standard InChI is InChI=1S/C28H28F3NO3/c29-28(30,31)35-24-14-12-21(13-15-24)10-11-22-16-18-32(19-17-22)27(33)20-34-26-9-5-4-8-25(26)23-6-2-1-3-7-23/h1-9,12-15,22H,10-11,16-20H2. The Bertz CT molecular complexity index is 1090. The van der Waals surface area contributed by atoms with Crippen molar-refractivity contribution in [3.8, 4) is 22.6 Å². The number of piperidine rings is 1. The maximum atomic E-state index is 12.7. The Morgan fingerprint density at radius 2 is 1.54 bits per heavy atom. The number of rotatable bonds is 8. The van der Waals surface area contributed by atoms with Crippen LogP contribution in [0.4, 0.5) is 13.2 Å². The summed E-state index contributed by atoms with van der Waals surface area (Å²) in [6.45, 7) is 1.37. The number of amides is 1. The second-order valence-electron chi connectivity index (χ2n) is 8.71. The van der Waals surface area contributed by atoms with Crippen molar-refractivity contribution in [3.05, 3.63) is 84.4 Å². The summed E-state index contributed by atoms with van der Waals surface area (Å²) in [5.41, 5.74) is 2.97. The molecule has 184 valence electrons. The quantitative estimate of drug-likeness (QED) is 0.367. The molecule has 0 bridgehead atoms. The first kappa shape index (κ1) is 24.6. The van der Waals surface area contributed by atoms with Crippen molar-refractivity contribution < 1.29 is 27.4 Å². The fourth-order valence-corrected chi connectivity index (χ4v) is 4.38. The molecule has 1 aliphatic rings. The monoisotopic (exact) mass is 483 g/mol. The highest BCUT2D eigenvalue weighted by Gasteiger charge is 2.31. The van der Waals surface area contributed by atoms with Crippen LogP contribution in [0.25, 0.3) is 11.1 Å². The van der Waals surface area contributed by atoms with Crippen molar-refractivity contribution in [1.82, 2.24) is 4.90 Å². The van der Waals surface area contributed by atoms with E-state index in [1.165, 1.54) is 12.1 Å². The van der Waals surface area contributed by atoms with Gasteiger partial charge in [-0.2, -0.15) is 0 Å². The molecule has 0 spiro atoms. The molecule has 1 amide bonds. The number of para-hydroxylation sites is 1. The number of ether oxygens (including phenoxy) is 2. The van der Waals surface area contributed by atoms with Crippen molar-refractivity contribution in [1.29, 1.82) is 0 Å². The van der Waals surface area contributed by atoms with Crippen LogP contribution in [0.5, 0.6) is 11.5 Å². The summed E-state index contributed by atoms with van der Waals surface area (Å²) in [5, 5.41) is 0. The third kappa shape index (κ3) is 7.25. The molecule has 0 N–H and O–H groups in total. The zero-order valence-electron chi connectivity index (χ0n) is 19.3. The molecule has 1 heterocycles. The third-order valence-electron chi connectivity index (χ3n) is 6.29. The van der Waals surface area contributed by atoms with Gasteiger partial charge in [-0.3, -0.25) is 4.79 Å². The van der Waals surface area contributed by atoms with E-state index in [1.54, 1.807) is 12.1 Å². The van der Waals surface area contributed by atoms with Gasteiger partial charge >= 0.3 is 6.36 Å². The molecule has 3 aromatic carbocycles. The molecular formula is C28H28F3NO3. The van der Waals surface area contributed by atoms with E-state index in [9.17, 15) is 18.0 Å². The van der Waals surface area contributed by atoms with Gasteiger partial charge in [-0.05, 0) is 60.9 Å². The van der Waals surface area contributed by atoms with Crippen molar-refractivity contribution >= 4 is 5.91 Å². The lowest BCUT2D eigenvalue weighted by atomic mass is 9.90. The molecule has 1 saturated heterocycles. The summed E-state index contributed by atoms with van der Waals surface area (Å²) < 4.78 is 46.7. The zero-order chi connectivity index (χ0) is 24.7. The van der Waals surface area contributed by atoms with E-state index in [1.807, 2.05) is 59.5 Å². The summed E-state index contributed by atoms with van der Waals surface area (Å²) in [7, 11) is 0. The number of hydrogen-bond acceptors (Lipinski definition) is 3. The van der Waals surface area contributed by atoms with Crippen LogP contribution in [0.1, 0.15) is 24.8 Å². The number of benzene rings is 3. The molecule has 0 aromatic heterocycles. The van der Waals surface area contributed by atoms with E-state index in [0.29, 0.717) is 24.8 Å². The summed E-state index contributed by atoms with van der Waals surface area (Å²) in [4.78, 5) is 14.6. The average molecular weight is 484 g/mol. The van der Waals surface area contributed by atoms with Crippen LogP contribution in [0.3, 0.4) is 0 Å². The Labute approximate surface area is 203 Å². The minimum atomic E-state index is -4.68. The van der Waals surface area contributed by atoms with Crippen molar-refractivity contribution in [3.63, 3.8) is 0 Å². The number of aryl methyl sites for hydroxylation is 1. The SMILES string of the molecule is O=C(COc1ccccc1-c1ccccc1)N1CCC(CCc2ccc(OC(F)(F)F)cc2)CC1. The summed E-state index contributed by atoms with van der Waals surface area (Å²) in [5.74, 6) is 0.937. The number of nitrogens with zero attached hydrogens (tertiary/aromatic N) is 1. The van der Waals surface area contributed by atoms with E-state index in [4.69, 9.17) is 4.74 Å². The Balaban J connectivity index is 1.21. The Hall–Kier alpha value is -3.48. The molecule has 0 atom stereocenters. The number of carbonyl (C=O) groups excluding carboxylic acids is 1. The first-order valence-corrected chi connectivity index (χ1v) is 11.8. The van der Waals surface area contributed by atoms with Crippen molar-refractivity contribution in [2.24, 2.45) is 5.92 Å². The highest BCUT2D eigenvalue weighted by molar-refractivity contribution is 5.78. The van der Waals surface area contributed by atoms with Gasteiger partial charge in [0.1, 0.15) is 11.5 Å². The Morgan fingerprint density at radius 3 is 2.23 bits per heavy atom. The van der Waals surface area contributed by atoms with Crippen LogP contribution in [0.15, 0.2) is 78.9 Å². The summed E-state index contributed by atoms with van der Waals surface area (Å²) in [6.07, 6.45) is -1.15. The molecule has 0 saturated carbocycles. The molecule has 0 unspecified atom stereocenters. The van der Waals surface area contributed by atoms with Gasteiger partial charge in [0.2, 0.25) is 0 Å². The van der Waals surface area contributed by atoms with Crippen LogP contribution in [-0.4, -0.2) is 36.9 Å². The van der Waals surface area contributed by atoms with Gasteiger partial charge in [0.25, 0.3) is 5.91 Å². The predicted molar refractivity (Wildman–Crippen MR) is 128 cm³/mol. The molecule has 1 fully saturated rings. The molecule has 1 aliphatic heterocycles. The average Bonchev–Trinajstić information content (AvgIpc) is 2.87. The number of halogens is 3. The molecular weight excluding hydrogens is 455 g/mol. The molecule has 7 heteroatoms. The second-order valence-corrected chi connectivity index (χ2v) is 8.71. The van der Waals surface area contributed by atoms with Crippen LogP contribution < -0.4 is 9.47 Å². The molecule has 4 rings (SSSR count). The first-order chi connectivity index (χ1) is 16.9. The van der Waals surface area contributed by atoms with E-state index >= 15 is 0 Å². The van der Waals surface area contributed by atoms with Gasteiger partial charge in [-0.25, -0.2) is 0 Å². The molecule has 0 aliphatic carbocycles. The fraction of sp³-hybridized carbons (Fsp3) is 0.321. The fourth-order valence-electron chi connectivity index (χ4n) is 4.38. The van der Waals surface area contributed by atoms with Gasteiger partial charge in [-0.1, -0.05) is 60.7 Å². The smallest absolute Gasteiger partial charge is 0.483 e. The topological polar surface area (TPSA) is 38.8 Å². The van der Waals surface area contributed by atoms with Crippen molar-refractivity contribution in [2.75, 3.05) is 19.7 Å². The van der Waals surface area contributed by atoms with Gasteiger partial charge in [0, 0.05) is 18.7 Å². The number of likely N-dealkylation sites (tertiary alicyclic amines) is 1. The Morgan fingerprint density at radius 1 is 0.886 bits per heavy atom. The van der Waals surface area contributed by atoms with Crippen LogP contribution in [0, 0.1) is 5.92 Å². The van der Waals surface area contributed by atoms with Crippen LogP contribution >= 0.6 is 0 Å². The molecule has 3 aromatic rings. The van der Waals surface area contributed by atoms with E-state index in [2.05, 4.69) is 4.74 Å². The van der Waals surface area contributed by atoms with Gasteiger partial charge in [-0.15, -0.1) is 13.2 Å². The van der Waals surface area contributed by atoms with Crippen LogP contribution in [-0.2, 0) is 11.2 Å². The maximum Gasteiger partial charge on any atom is 0.573 e. The highest BCUT2D eigenvalue weighted by Crippen LogP contribution is 2.30. The van der Waals surface area contributed by atoms with Gasteiger partial charge in [0.05, 0.1) is 0 Å². The van der Waals surface area contributed by atoms with E-state index in [-0.39, 0.29) is 18.3 Å². The first-order valence-electron chi connectivity index (χ1n) is 11.8.